The van der Waals surface area contributed by atoms with E-state index in [4.69, 9.17) is 4.74 Å². The molecule has 0 atom stereocenters. The normalized spacial score (nSPS) is 10.9. The van der Waals surface area contributed by atoms with Crippen LogP contribution in [0.1, 0.15) is 29.9 Å². The van der Waals surface area contributed by atoms with E-state index in [1.807, 2.05) is 62.5 Å². The van der Waals surface area contributed by atoms with Crippen LogP contribution in [0.15, 0.2) is 48.7 Å². The molecule has 0 spiro atoms. The number of rotatable bonds is 5. The van der Waals surface area contributed by atoms with Crippen molar-refractivity contribution in [3.05, 3.63) is 59.9 Å². The zero-order valence-electron chi connectivity index (χ0n) is 11.8. The van der Waals surface area contributed by atoms with Gasteiger partial charge in [-0.1, -0.05) is 42.5 Å². The summed E-state index contributed by atoms with van der Waals surface area (Å²) in [5.74, 6) is -0.271. The van der Waals surface area contributed by atoms with Gasteiger partial charge < -0.3 is 9.72 Å². The zero-order chi connectivity index (χ0) is 14.4. The van der Waals surface area contributed by atoms with Crippen molar-refractivity contribution in [2.75, 3.05) is 6.61 Å². The highest BCUT2D eigenvalue weighted by atomic mass is 16.5. The molecule has 0 bridgehead atoms. The molecule has 0 radical (unpaired) electrons. The topological polar surface area (TPSA) is 42.1 Å². The second-order valence-corrected chi connectivity index (χ2v) is 4.42. The first-order valence-corrected chi connectivity index (χ1v) is 6.81. The van der Waals surface area contributed by atoms with Crippen LogP contribution in [0.5, 0.6) is 0 Å². The second kappa shape index (κ2) is 6.75. The van der Waals surface area contributed by atoms with E-state index in [1.165, 1.54) is 0 Å². The molecule has 0 saturated carbocycles. The number of carbonyl (C=O) groups excluding carboxylic acids is 1. The summed E-state index contributed by atoms with van der Waals surface area (Å²) in [5, 5.41) is 0. The van der Waals surface area contributed by atoms with Crippen LogP contribution < -0.4 is 0 Å². The fourth-order valence-electron chi connectivity index (χ4n) is 2.14. The molecule has 0 aliphatic carbocycles. The first-order valence-electron chi connectivity index (χ1n) is 6.81. The predicted molar refractivity (Wildman–Crippen MR) is 80.7 cm³/mol. The van der Waals surface area contributed by atoms with Gasteiger partial charge in [-0.15, -0.1) is 0 Å². The summed E-state index contributed by atoms with van der Waals surface area (Å²) >= 11 is 0. The van der Waals surface area contributed by atoms with E-state index < -0.39 is 0 Å². The molecule has 0 saturated heterocycles. The third kappa shape index (κ3) is 2.99. The van der Waals surface area contributed by atoms with Gasteiger partial charge in [-0.3, -0.25) is 0 Å². The number of H-pyrrole nitrogens is 1. The SMILES string of the molecule is CC=CCc1[nH]cc(-c2ccccc2)c1C(=O)OCC. The lowest BCUT2D eigenvalue weighted by molar-refractivity contribution is 0.0526. The summed E-state index contributed by atoms with van der Waals surface area (Å²) < 4.78 is 5.19. The smallest absolute Gasteiger partial charge is 0.340 e. The molecule has 1 aromatic carbocycles. The Bertz CT molecular complexity index is 597. The van der Waals surface area contributed by atoms with Gasteiger partial charge in [0.2, 0.25) is 0 Å². The molecule has 20 heavy (non-hydrogen) atoms. The summed E-state index contributed by atoms with van der Waals surface area (Å²) in [5.41, 5.74) is 3.43. The number of carbonyl (C=O) groups is 1. The molecule has 2 rings (SSSR count). The number of benzene rings is 1. The van der Waals surface area contributed by atoms with Crippen LogP contribution in [-0.2, 0) is 11.2 Å². The Hall–Kier alpha value is -2.29. The Morgan fingerprint density at radius 2 is 2.05 bits per heavy atom. The van der Waals surface area contributed by atoms with Crippen molar-refractivity contribution in [1.82, 2.24) is 4.98 Å². The van der Waals surface area contributed by atoms with Crippen molar-refractivity contribution in [1.29, 1.82) is 0 Å². The fourth-order valence-corrected chi connectivity index (χ4v) is 2.14. The molecule has 0 fully saturated rings. The van der Waals surface area contributed by atoms with E-state index in [0.29, 0.717) is 18.6 Å². The summed E-state index contributed by atoms with van der Waals surface area (Å²) in [7, 11) is 0. The van der Waals surface area contributed by atoms with Gasteiger partial charge in [0.25, 0.3) is 0 Å². The van der Waals surface area contributed by atoms with E-state index in [-0.39, 0.29) is 5.97 Å². The molecule has 0 unspecified atom stereocenters. The molecular formula is C17H19NO2. The maximum atomic E-state index is 12.2. The summed E-state index contributed by atoms with van der Waals surface area (Å²) in [6.07, 6.45) is 6.55. The van der Waals surface area contributed by atoms with Crippen LogP contribution in [0, 0.1) is 0 Å². The van der Waals surface area contributed by atoms with E-state index >= 15 is 0 Å². The average Bonchev–Trinajstić information content (AvgIpc) is 2.90. The first kappa shape index (κ1) is 14.1. The average molecular weight is 269 g/mol. The molecule has 3 heteroatoms. The minimum atomic E-state index is -0.271. The Labute approximate surface area is 119 Å². The van der Waals surface area contributed by atoms with Gasteiger partial charge in [0.15, 0.2) is 0 Å². The van der Waals surface area contributed by atoms with Crippen molar-refractivity contribution in [2.45, 2.75) is 20.3 Å². The van der Waals surface area contributed by atoms with Crippen molar-refractivity contribution in [3.63, 3.8) is 0 Å². The van der Waals surface area contributed by atoms with Crippen molar-refractivity contribution < 1.29 is 9.53 Å². The van der Waals surface area contributed by atoms with Gasteiger partial charge in [0.1, 0.15) is 0 Å². The first-order chi connectivity index (χ1) is 9.77. The lowest BCUT2D eigenvalue weighted by Gasteiger charge is -2.06. The van der Waals surface area contributed by atoms with Crippen LogP contribution in [-0.4, -0.2) is 17.6 Å². The van der Waals surface area contributed by atoms with Crippen LogP contribution in [0.3, 0.4) is 0 Å². The number of allylic oxidation sites excluding steroid dienone is 2. The quantitative estimate of drug-likeness (QED) is 0.659. The highest BCUT2D eigenvalue weighted by Gasteiger charge is 2.19. The van der Waals surface area contributed by atoms with Gasteiger partial charge in [-0.2, -0.15) is 0 Å². The van der Waals surface area contributed by atoms with Crippen LogP contribution >= 0.6 is 0 Å². The molecule has 1 heterocycles. The maximum absolute atomic E-state index is 12.2. The lowest BCUT2D eigenvalue weighted by atomic mass is 10.0. The van der Waals surface area contributed by atoms with Gasteiger partial charge >= 0.3 is 5.97 Å². The fraction of sp³-hybridized carbons (Fsp3) is 0.235. The Morgan fingerprint density at radius 1 is 1.30 bits per heavy atom. The van der Waals surface area contributed by atoms with Crippen molar-refractivity contribution in [2.24, 2.45) is 0 Å². The minimum absolute atomic E-state index is 0.271. The number of ether oxygens (including phenoxy) is 1. The number of hydrogen-bond acceptors (Lipinski definition) is 2. The molecule has 3 nitrogen and oxygen atoms in total. The van der Waals surface area contributed by atoms with E-state index in [2.05, 4.69) is 4.98 Å². The summed E-state index contributed by atoms with van der Waals surface area (Å²) in [6.45, 7) is 4.16. The number of nitrogens with one attached hydrogen (secondary N) is 1. The third-order valence-corrected chi connectivity index (χ3v) is 3.08. The summed E-state index contributed by atoms with van der Waals surface area (Å²) in [6, 6.07) is 9.86. The Kier molecular flexibility index (Phi) is 4.77. The molecule has 104 valence electrons. The van der Waals surface area contributed by atoms with Crippen LogP contribution in [0.25, 0.3) is 11.1 Å². The van der Waals surface area contributed by atoms with Crippen LogP contribution in [0.4, 0.5) is 0 Å². The molecule has 1 aromatic heterocycles. The van der Waals surface area contributed by atoms with E-state index in [9.17, 15) is 4.79 Å². The monoisotopic (exact) mass is 269 g/mol. The molecular weight excluding hydrogens is 250 g/mol. The standard InChI is InChI=1S/C17H19NO2/c1-3-5-11-15-16(17(19)20-4-2)14(12-18-15)13-9-7-6-8-10-13/h3,5-10,12,18H,4,11H2,1-2H3. The highest BCUT2D eigenvalue weighted by Crippen LogP contribution is 2.27. The summed E-state index contributed by atoms with van der Waals surface area (Å²) in [4.78, 5) is 15.4. The number of esters is 1. The van der Waals surface area contributed by atoms with E-state index in [1.54, 1.807) is 0 Å². The molecule has 1 N–H and O–H groups in total. The predicted octanol–water partition coefficient (Wildman–Crippen LogP) is 3.98. The zero-order valence-corrected chi connectivity index (χ0v) is 11.8. The largest absolute Gasteiger partial charge is 0.462 e. The number of hydrogen-bond donors (Lipinski definition) is 1. The Morgan fingerprint density at radius 3 is 2.70 bits per heavy atom. The number of aromatic amines is 1. The molecule has 0 aliphatic heterocycles. The van der Waals surface area contributed by atoms with Gasteiger partial charge in [0.05, 0.1) is 12.2 Å². The van der Waals surface area contributed by atoms with Gasteiger partial charge in [0, 0.05) is 23.9 Å². The number of aromatic nitrogens is 1. The highest BCUT2D eigenvalue weighted by molar-refractivity contribution is 5.98. The second-order valence-electron chi connectivity index (χ2n) is 4.42. The van der Waals surface area contributed by atoms with E-state index in [0.717, 1.165) is 16.8 Å². The van der Waals surface area contributed by atoms with Gasteiger partial charge in [-0.25, -0.2) is 4.79 Å². The van der Waals surface area contributed by atoms with Crippen LogP contribution in [0.2, 0.25) is 0 Å². The minimum Gasteiger partial charge on any atom is -0.462 e. The molecule has 0 amide bonds. The Balaban J connectivity index is 2.46. The third-order valence-electron chi connectivity index (χ3n) is 3.08. The molecule has 2 aromatic rings. The van der Waals surface area contributed by atoms with Crippen molar-refractivity contribution in [3.8, 4) is 11.1 Å². The maximum Gasteiger partial charge on any atom is 0.340 e. The van der Waals surface area contributed by atoms with Gasteiger partial charge in [-0.05, 0) is 19.4 Å². The van der Waals surface area contributed by atoms with Crippen molar-refractivity contribution >= 4 is 5.97 Å². The molecule has 0 aliphatic rings. The lowest BCUT2D eigenvalue weighted by Crippen LogP contribution is -2.07.